The van der Waals surface area contributed by atoms with Crippen LogP contribution in [0.5, 0.6) is 0 Å². The van der Waals surface area contributed by atoms with Crippen LogP contribution in [0, 0.1) is 37.3 Å². The highest BCUT2D eigenvalue weighted by Crippen LogP contribution is 2.48. The van der Waals surface area contributed by atoms with E-state index in [9.17, 15) is 22.8 Å². The van der Waals surface area contributed by atoms with Gasteiger partial charge in [0.05, 0.1) is 58.6 Å². The Balaban J connectivity index is 1.16. The van der Waals surface area contributed by atoms with Crippen molar-refractivity contribution in [3.8, 4) is 11.3 Å². The number of carbonyl (C=O) groups excluding carboxylic acids is 2. The molecule has 9 nitrogen and oxygen atoms in total. The first-order chi connectivity index (χ1) is 20.0. The second kappa shape index (κ2) is 10.5. The van der Waals surface area contributed by atoms with Gasteiger partial charge >= 0.3 is 0 Å². The number of hydrogen-bond acceptors (Lipinski definition) is 6. The number of anilines is 2. The molecule has 6 rings (SSSR count). The Morgan fingerprint density at radius 3 is 2.62 bits per heavy atom. The van der Waals surface area contributed by atoms with E-state index in [0.717, 1.165) is 24.8 Å². The van der Waals surface area contributed by atoms with Crippen molar-refractivity contribution in [1.82, 2.24) is 24.7 Å². The molecule has 1 aliphatic heterocycles. The highest BCUT2D eigenvalue weighted by molar-refractivity contribution is 6.31. The number of fused-ring (bicyclic) bond motifs is 1. The van der Waals surface area contributed by atoms with Crippen LogP contribution in [0.25, 0.3) is 11.3 Å². The van der Waals surface area contributed by atoms with E-state index in [4.69, 9.17) is 11.6 Å². The number of halogens is 5. The number of carbonyl (C=O) groups is 2. The Labute approximate surface area is 241 Å². The molecule has 0 spiro atoms. The average Bonchev–Trinajstić information content (AvgIpc) is 3.48. The molecule has 3 aromatic heterocycles. The maximum atomic E-state index is 15.2. The van der Waals surface area contributed by atoms with Crippen LogP contribution in [0.2, 0.25) is 5.02 Å². The highest BCUT2D eigenvalue weighted by atomic mass is 35.5. The van der Waals surface area contributed by atoms with Gasteiger partial charge in [-0.1, -0.05) is 17.7 Å². The van der Waals surface area contributed by atoms with E-state index in [1.807, 2.05) is 0 Å². The van der Waals surface area contributed by atoms with Crippen LogP contribution in [0.1, 0.15) is 45.8 Å². The number of rotatable bonds is 7. The zero-order chi connectivity index (χ0) is 29.9. The van der Waals surface area contributed by atoms with Gasteiger partial charge < -0.3 is 10.2 Å². The van der Waals surface area contributed by atoms with Gasteiger partial charge in [0.15, 0.2) is 11.6 Å². The fourth-order valence-electron chi connectivity index (χ4n) is 5.19. The summed E-state index contributed by atoms with van der Waals surface area (Å²) in [6, 6.07) is 2.04. The van der Waals surface area contributed by atoms with Crippen molar-refractivity contribution in [2.24, 2.45) is 11.8 Å². The number of aromatic nitrogens is 5. The Kier molecular flexibility index (Phi) is 6.92. The largest absolute Gasteiger partial charge is 0.318 e. The predicted octanol–water partition coefficient (Wildman–Crippen LogP) is 5.50. The molecule has 0 bridgehead atoms. The van der Waals surface area contributed by atoms with E-state index in [2.05, 4.69) is 25.4 Å². The summed E-state index contributed by atoms with van der Waals surface area (Å²) < 4.78 is 58.2. The first-order valence-electron chi connectivity index (χ1n) is 12.9. The molecule has 216 valence electrons. The Bertz CT molecular complexity index is 1760. The van der Waals surface area contributed by atoms with Gasteiger partial charge in [-0.05, 0) is 32.3 Å². The van der Waals surface area contributed by atoms with Crippen LogP contribution in [0.4, 0.5) is 28.9 Å². The van der Waals surface area contributed by atoms with Gasteiger partial charge in [-0.15, -0.1) is 0 Å². The van der Waals surface area contributed by atoms with Crippen molar-refractivity contribution >= 4 is 34.8 Å². The number of alkyl halides is 2. The summed E-state index contributed by atoms with van der Waals surface area (Å²) in [5, 5.41) is 6.39. The molecule has 14 heteroatoms. The minimum atomic E-state index is -2.99. The number of nitrogens with one attached hydrogen (secondary N) is 1. The van der Waals surface area contributed by atoms with Crippen LogP contribution in [0.3, 0.4) is 0 Å². The molecule has 42 heavy (non-hydrogen) atoms. The molecule has 1 saturated carbocycles. The van der Waals surface area contributed by atoms with E-state index < -0.39 is 35.1 Å². The normalized spacial score (nSPS) is 17.6. The predicted molar refractivity (Wildman–Crippen MR) is 144 cm³/mol. The van der Waals surface area contributed by atoms with Crippen molar-refractivity contribution in [2.75, 3.05) is 16.8 Å². The lowest BCUT2D eigenvalue weighted by Crippen LogP contribution is -2.29. The van der Waals surface area contributed by atoms with Gasteiger partial charge in [0.1, 0.15) is 5.69 Å². The van der Waals surface area contributed by atoms with Gasteiger partial charge in [-0.2, -0.15) is 5.10 Å². The van der Waals surface area contributed by atoms with Crippen molar-refractivity contribution < 1.29 is 27.2 Å². The minimum Gasteiger partial charge on any atom is -0.318 e. The summed E-state index contributed by atoms with van der Waals surface area (Å²) in [5.74, 6) is -1.89. The van der Waals surface area contributed by atoms with E-state index in [0.29, 0.717) is 23.7 Å². The lowest BCUT2D eigenvalue weighted by atomic mass is 10.0. The summed E-state index contributed by atoms with van der Waals surface area (Å²) in [6.45, 7) is 3.57. The molecular formula is C28H22ClF4N7O2. The summed E-state index contributed by atoms with van der Waals surface area (Å²) in [6.07, 6.45) is 3.23. The van der Waals surface area contributed by atoms with Gasteiger partial charge in [0.25, 0.3) is 12.3 Å². The fourth-order valence-corrected chi connectivity index (χ4v) is 5.35. The van der Waals surface area contributed by atoms with Gasteiger partial charge in [-0.25, -0.2) is 27.5 Å². The first-order valence-corrected chi connectivity index (χ1v) is 13.3. The fraction of sp³-hybridized carbons (Fsp3) is 0.286. The number of hydrogen-bond donors (Lipinski definition) is 1. The molecule has 2 amide bonds. The molecule has 0 radical (unpaired) electrons. The quantitative estimate of drug-likeness (QED) is 0.281. The number of nitrogens with zero attached hydrogens (tertiary/aromatic N) is 6. The maximum Gasteiger partial charge on any atom is 0.276 e. The number of piperidine rings is 1. The molecule has 4 aromatic rings. The molecule has 2 aliphatic rings. The lowest BCUT2D eigenvalue weighted by Gasteiger charge is -2.21. The zero-order valence-corrected chi connectivity index (χ0v) is 23.0. The van der Waals surface area contributed by atoms with Crippen LogP contribution >= 0.6 is 11.6 Å². The summed E-state index contributed by atoms with van der Waals surface area (Å²) in [7, 11) is 0. The first kappa shape index (κ1) is 27.8. The Morgan fingerprint density at radius 2 is 1.93 bits per heavy atom. The van der Waals surface area contributed by atoms with Crippen LogP contribution in [0.15, 0.2) is 36.9 Å². The van der Waals surface area contributed by atoms with Gasteiger partial charge in [-0.3, -0.25) is 19.3 Å². The highest BCUT2D eigenvalue weighted by Gasteiger charge is 2.52. The van der Waals surface area contributed by atoms with Crippen LogP contribution in [-0.2, 0) is 11.3 Å². The van der Waals surface area contributed by atoms with Crippen LogP contribution < -0.4 is 10.2 Å². The standard InChI is InChI=1S/C28H22ClF4N7O2/c1-12-21(40-9-14-5-17(14)28(40)42)8-34-20(23(12)30)11-39-10-15(6-36-39)38-27(41)25-13(2)37-19(7-35-25)22-16(26(32)33)3-4-18(29)24(22)31/h3-4,6-8,10,14,17,26H,5,9,11H2,1-2H3,(H,38,41)/t14-,17-/m1/s1. The third-order valence-electron chi connectivity index (χ3n) is 7.51. The molecule has 1 saturated heterocycles. The molecule has 1 aromatic carbocycles. The Hall–Kier alpha value is -4.39. The summed E-state index contributed by atoms with van der Waals surface area (Å²) >= 11 is 5.79. The molecule has 1 N–H and O–H groups in total. The van der Waals surface area contributed by atoms with Crippen molar-refractivity contribution in [1.29, 1.82) is 0 Å². The number of aryl methyl sites for hydroxylation is 1. The van der Waals surface area contributed by atoms with Crippen molar-refractivity contribution in [2.45, 2.75) is 33.2 Å². The smallest absolute Gasteiger partial charge is 0.276 e. The molecular weight excluding hydrogens is 578 g/mol. The monoisotopic (exact) mass is 599 g/mol. The lowest BCUT2D eigenvalue weighted by molar-refractivity contribution is -0.118. The number of pyridine rings is 1. The van der Waals surface area contributed by atoms with Crippen molar-refractivity contribution in [3.05, 3.63) is 81.8 Å². The van der Waals surface area contributed by atoms with E-state index in [-0.39, 0.29) is 51.9 Å². The zero-order valence-electron chi connectivity index (χ0n) is 22.2. The van der Waals surface area contributed by atoms with Crippen LogP contribution in [-0.4, -0.2) is 43.1 Å². The minimum absolute atomic E-state index is 0.00797. The molecule has 2 atom stereocenters. The molecule has 0 unspecified atom stereocenters. The number of benzene rings is 1. The van der Waals surface area contributed by atoms with Gasteiger partial charge in [0, 0.05) is 35.3 Å². The second-order valence-corrected chi connectivity index (χ2v) is 10.7. The van der Waals surface area contributed by atoms with Gasteiger partial charge in [0.2, 0.25) is 5.91 Å². The summed E-state index contributed by atoms with van der Waals surface area (Å²) in [4.78, 5) is 39.3. The van der Waals surface area contributed by atoms with E-state index >= 15 is 4.39 Å². The third-order valence-corrected chi connectivity index (χ3v) is 7.80. The maximum absolute atomic E-state index is 15.2. The topological polar surface area (TPSA) is 106 Å². The molecule has 1 aliphatic carbocycles. The van der Waals surface area contributed by atoms with E-state index in [1.54, 1.807) is 11.8 Å². The summed E-state index contributed by atoms with van der Waals surface area (Å²) in [5.41, 5.74) is -0.188. The number of amides is 2. The second-order valence-electron chi connectivity index (χ2n) is 10.3. The average molecular weight is 600 g/mol. The van der Waals surface area contributed by atoms with E-state index in [1.165, 1.54) is 30.2 Å². The van der Waals surface area contributed by atoms with Crippen molar-refractivity contribution in [3.63, 3.8) is 0 Å². The Morgan fingerprint density at radius 1 is 1.14 bits per heavy atom. The third kappa shape index (κ3) is 4.87. The molecule has 4 heterocycles. The molecule has 2 fully saturated rings. The SMILES string of the molecule is Cc1nc(-c2c(C(F)F)ccc(Cl)c2F)cnc1C(=O)Nc1cnn(Cc2ncc(N3C[C@H]4C[C@H]4C3=O)c(C)c2F)c1.